The third-order valence-electron chi connectivity index (χ3n) is 6.09. The van der Waals surface area contributed by atoms with Gasteiger partial charge in [0.05, 0.1) is 0 Å². The van der Waals surface area contributed by atoms with Crippen LogP contribution in [0.25, 0.3) is 0 Å². The van der Waals surface area contributed by atoms with Crippen LogP contribution in [-0.4, -0.2) is 15.3 Å². The molecule has 0 amide bonds. The molecule has 23 heavy (non-hydrogen) atoms. The number of phenols is 3. The summed E-state index contributed by atoms with van der Waals surface area (Å²) in [4.78, 5) is 0. The van der Waals surface area contributed by atoms with Gasteiger partial charge in [-0.05, 0) is 86.7 Å². The second kappa shape index (κ2) is 5.92. The highest BCUT2D eigenvalue weighted by Crippen LogP contribution is 2.50. The van der Waals surface area contributed by atoms with Gasteiger partial charge in [-0.3, -0.25) is 0 Å². The van der Waals surface area contributed by atoms with Gasteiger partial charge in [0.15, 0.2) is 11.5 Å². The highest BCUT2D eigenvalue weighted by molar-refractivity contribution is 5.57. The number of benzene rings is 1. The third kappa shape index (κ3) is 3.94. The van der Waals surface area contributed by atoms with Gasteiger partial charge in [0.2, 0.25) is 5.75 Å². The number of aromatic hydroxyl groups is 3. The maximum absolute atomic E-state index is 10.3. The van der Waals surface area contributed by atoms with E-state index in [2.05, 4.69) is 13.8 Å². The van der Waals surface area contributed by atoms with Gasteiger partial charge in [-0.1, -0.05) is 13.8 Å². The van der Waals surface area contributed by atoms with Crippen LogP contribution in [0.1, 0.15) is 76.3 Å². The number of hydrogen-bond acceptors (Lipinski definition) is 3. The maximum atomic E-state index is 10.3. The lowest BCUT2D eigenvalue weighted by atomic mass is 9.92. The molecule has 0 atom stereocenters. The van der Waals surface area contributed by atoms with Crippen molar-refractivity contribution in [1.29, 1.82) is 0 Å². The van der Waals surface area contributed by atoms with Gasteiger partial charge in [-0.15, -0.1) is 0 Å². The first kappa shape index (κ1) is 16.5. The molecule has 0 aliphatic heterocycles. The van der Waals surface area contributed by atoms with Gasteiger partial charge in [0, 0.05) is 5.56 Å². The first-order chi connectivity index (χ1) is 10.8. The minimum atomic E-state index is -0.365. The molecule has 1 aromatic rings. The Labute approximate surface area is 139 Å². The third-order valence-corrected chi connectivity index (χ3v) is 6.09. The molecule has 2 saturated carbocycles. The van der Waals surface area contributed by atoms with Crippen molar-refractivity contribution in [2.24, 2.45) is 10.8 Å². The van der Waals surface area contributed by atoms with Crippen LogP contribution in [0.5, 0.6) is 17.2 Å². The van der Waals surface area contributed by atoms with E-state index in [-0.39, 0.29) is 17.2 Å². The van der Waals surface area contributed by atoms with Crippen LogP contribution in [0.4, 0.5) is 0 Å². The summed E-state index contributed by atoms with van der Waals surface area (Å²) in [6, 6.07) is 1.65. The number of phenolic OH excluding ortho intramolecular Hbond substituents is 3. The molecular formula is C20H30O3. The van der Waals surface area contributed by atoms with Crippen LogP contribution in [0.3, 0.4) is 0 Å². The van der Waals surface area contributed by atoms with Crippen LogP contribution < -0.4 is 0 Å². The lowest BCUT2D eigenvalue weighted by molar-refractivity contribution is 0.362. The van der Waals surface area contributed by atoms with Crippen molar-refractivity contribution in [2.45, 2.75) is 78.1 Å². The fraction of sp³-hybridized carbons (Fsp3) is 0.700. The van der Waals surface area contributed by atoms with E-state index >= 15 is 0 Å². The lowest BCUT2D eigenvalue weighted by Crippen LogP contribution is -2.01. The zero-order chi connectivity index (χ0) is 16.7. The number of hydrogen-bond donors (Lipinski definition) is 3. The summed E-state index contributed by atoms with van der Waals surface area (Å²) in [5.41, 5.74) is 2.88. The molecule has 0 saturated heterocycles. The molecule has 0 bridgehead atoms. The van der Waals surface area contributed by atoms with E-state index in [1.807, 2.05) is 0 Å². The van der Waals surface area contributed by atoms with Crippen LogP contribution in [-0.2, 0) is 12.8 Å². The largest absolute Gasteiger partial charge is 0.504 e. The van der Waals surface area contributed by atoms with E-state index in [4.69, 9.17) is 0 Å². The molecule has 0 radical (unpaired) electrons. The van der Waals surface area contributed by atoms with Crippen molar-refractivity contribution in [3.63, 3.8) is 0 Å². The van der Waals surface area contributed by atoms with E-state index in [0.717, 1.165) is 36.8 Å². The minimum absolute atomic E-state index is 0.112. The standard InChI is InChI=1S/C20H30O3/c1-19(9-10-19)7-3-5-14-13-16(21)18(23)17(22)15(14)6-4-8-20(2)11-12-20/h13,21-23H,3-12H2,1-2H3. The maximum Gasteiger partial charge on any atom is 0.200 e. The molecule has 3 heteroatoms. The topological polar surface area (TPSA) is 60.7 Å². The molecule has 128 valence electrons. The molecule has 2 fully saturated rings. The second-order valence-electron chi connectivity index (χ2n) is 8.56. The van der Waals surface area contributed by atoms with E-state index < -0.39 is 0 Å². The number of aryl methyl sites for hydroxylation is 1. The van der Waals surface area contributed by atoms with Crippen molar-refractivity contribution in [2.75, 3.05) is 0 Å². The van der Waals surface area contributed by atoms with E-state index in [9.17, 15) is 15.3 Å². The summed E-state index contributed by atoms with van der Waals surface area (Å²) >= 11 is 0. The predicted molar refractivity (Wildman–Crippen MR) is 92.0 cm³/mol. The highest BCUT2D eigenvalue weighted by atomic mass is 16.3. The predicted octanol–water partition coefficient (Wildman–Crippen LogP) is 5.05. The normalized spacial score (nSPS) is 20.4. The Kier molecular flexibility index (Phi) is 4.24. The second-order valence-corrected chi connectivity index (χ2v) is 8.56. The zero-order valence-corrected chi connectivity index (χ0v) is 14.5. The SMILES string of the molecule is CC1(CCCc2cc(O)c(O)c(O)c2CCCC2(C)CC2)CC1. The molecule has 3 rings (SSSR count). The monoisotopic (exact) mass is 318 g/mol. The van der Waals surface area contributed by atoms with Gasteiger partial charge >= 0.3 is 0 Å². The molecule has 3 nitrogen and oxygen atoms in total. The van der Waals surface area contributed by atoms with E-state index in [1.165, 1.54) is 38.5 Å². The fourth-order valence-electron chi connectivity index (χ4n) is 3.56. The van der Waals surface area contributed by atoms with Crippen LogP contribution >= 0.6 is 0 Å². The minimum Gasteiger partial charge on any atom is -0.504 e. The Morgan fingerprint density at radius 1 is 0.826 bits per heavy atom. The van der Waals surface area contributed by atoms with Gasteiger partial charge in [-0.2, -0.15) is 0 Å². The molecule has 0 heterocycles. The zero-order valence-electron chi connectivity index (χ0n) is 14.5. The first-order valence-corrected chi connectivity index (χ1v) is 9.08. The van der Waals surface area contributed by atoms with Crippen molar-refractivity contribution >= 4 is 0 Å². The van der Waals surface area contributed by atoms with Gasteiger partial charge < -0.3 is 15.3 Å². The highest BCUT2D eigenvalue weighted by Gasteiger charge is 2.37. The van der Waals surface area contributed by atoms with Crippen LogP contribution in [0.2, 0.25) is 0 Å². The van der Waals surface area contributed by atoms with E-state index in [1.54, 1.807) is 6.07 Å². The van der Waals surface area contributed by atoms with Crippen molar-refractivity contribution in [3.8, 4) is 17.2 Å². The van der Waals surface area contributed by atoms with Crippen LogP contribution in [0, 0.1) is 10.8 Å². The summed E-state index contributed by atoms with van der Waals surface area (Å²) in [6.07, 6.45) is 11.4. The Bertz CT molecular complexity index is 583. The molecule has 2 aliphatic rings. The van der Waals surface area contributed by atoms with E-state index in [0.29, 0.717) is 10.8 Å². The average Bonchev–Trinajstić information content (AvgIpc) is 3.41. The Balaban J connectivity index is 1.67. The van der Waals surface area contributed by atoms with Crippen molar-refractivity contribution < 1.29 is 15.3 Å². The van der Waals surface area contributed by atoms with Crippen molar-refractivity contribution in [1.82, 2.24) is 0 Å². The molecule has 0 unspecified atom stereocenters. The summed E-state index contributed by atoms with van der Waals surface area (Å²) in [5, 5.41) is 29.9. The summed E-state index contributed by atoms with van der Waals surface area (Å²) in [5.74, 6) is -0.679. The smallest absolute Gasteiger partial charge is 0.200 e. The lowest BCUT2D eigenvalue weighted by Gasteiger charge is -2.16. The average molecular weight is 318 g/mol. The summed E-state index contributed by atoms with van der Waals surface area (Å²) in [7, 11) is 0. The molecule has 2 aliphatic carbocycles. The Morgan fingerprint density at radius 2 is 1.35 bits per heavy atom. The molecule has 1 aromatic carbocycles. The quantitative estimate of drug-likeness (QED) is 0.588. The van der Waals surface area contributed by atoms with Crippen LogP contribution in [0.15, 0.2) is 6.07 Å². The molecule has 0 spiro atoms. The Hall–Kier alpha value is -1.38. The summed E-state index contributed by atoms with van der Waals surface area (Å²) < 4.78 is 0. The van der Waals surface area contributed by atoms with Crippen molar-refractivity contribution in [3.05, 3.63) is 17.2 Å². The summed E-state index contributed by atoms with van der Waals surface area (Å²) in [6.45, 7) is 4.65. The van der Waals surface area contributed by atoms with Gasteiger partial charge in [-0.25, -0.2) is 0 Å². The Morgan fingerprint density at radius 3 is 1.87 bits per heavy atom. The van der Waals surface area contributed by atoms with Gasteiger partial charge in [0.25, 0.3) is 0 Å². The first-order valence-electron chi connectivity index (χ1n) is 9.08. The van der Waals surface area contributed by atoms with Gasteiger partial charge in [0.1, 0.15) is 0 Å². The molecular weight excluding hydrogens is 288 g/mol. The fourth-order valence-corrected chi connectivity index (χ4v) is 3.56. The number of rotatable bonds is 8. The molecule has 0 aromatic heterocycles. The molecule has 3 N–H and O–H groups in total.